The lowest BCUT2D eigenvalue weighted by atomic mass is 10.2. The average Bonchev–Trinajstić information content (AvgIpc) is 2.32. The van der Waals surface area contributed by atoms with Gasteiger partial charge < -0.3 is 15.3 Å². The number of benzene rings is 1. The van der Waals surface area contributed by atoms with E-state index in [9.17, 15) is 9.59 Å². The second-order valence-corrected chi connectivity index (χ2v) is 5.05. The molecular formula is C14H19ClN2O3. The van der Waals surface area contributed by atoms with Crippen LogP contribution in [0.3, 0.4) is 0 Å². The van der Waals surface area contributed by atoms with Crippen LogP contribution in [-0.4, -0.2) is 34.6 Å². The highest BCUT2D eigenvalue weighted by atomic mass is 35.5. The van der Waals surface area contributed by atoms with Crippen molar-refractivity contribution in [3.05, 3.63) is 28.8 Å². The summed E-state index contributed by atoms with van der Waals surface area (Å²) in [5.74, 6) is -0.933. The molecule has 1 unspecified atom stereocenters. The smallest absolute Gasteiger partial charge is 0.322 e. The monoisotopic (exact) mass is 298 g/mol. The largest absolute Gasteiger partial charge is 0.481 e. The maximum absolute atomic E-state index is 12.2. The number of aryl methyl sites for hydroxylation is 1. The number of carbonyl (C=O) groups is 2. The van der Waals surface area contributed by atoms with Crippen LogP contribution < -0.4 is 5.32 Å². The number of hydrogen-bond donors (Lipinski definition) is 2. The van der Waals surface area contributed by atoms with Crippen molar-refractivity contribution >= 4 is 29.3 Å². The van der Waals surface area contributed by atoms with Gasteiger partial charge in [-0.15, -0.1) is 0 Å². The van der Waals surface area contributed by atoms with E-state index in [-0.39, 0.29) is 18.5 Å². The molecule has 6 heteroatoms. The standard InChI is InChI=1S/C14H19ClN2O3/c1-4-17(10(3)8-13(18)19)14(20)16-12-6-5-9(2)7-11(12)15/h5-7,10H,4,8H2,1-3H3,(H,16,20)(H,18,19). The Morgan fingerprint density at radius 3 is 2.60 bits per heavy atom. The first-order valence-electron chi connectivity index (χ1n) is 6.40. The van der Waals surface area contributed by atoms with Crippen molar-refractivity contribution in [1.82, 2.24) is 4.90 Å². The molecule has 20 heavy (non-hydrogen) atoms. The molecule has 1 aromatic rings. The fourth-order valence-electron chi connectivity index (χ4n) is 1.93. The van der Waals surface area contributed by atoms with Crippen molar-refractivity contribution in [1.29, 1.82) is 0 Å². The first kappa shape index (κ1) is 16.3. The Morgan fingerprint density at radius 2 is 2.10 bits per heavy atom. The molecule has 1 aromatic carbocycles. The van der Waals surface area contributed by atoms with Crippen LogP contribution in [-0.2, 0) is 4.79 Å². The van der Waals surface area contributed by atoms with E-state index in [0.29, 0.717) is 17.3 Å². The number of aliphatic carboxylic acids is 1. The summed E-state index contributed by atoms with van der Waals surface area (Å²) in [6.45, 7) is 5.83. The normalized spacial score (nSPS) is 11.8. The molecule has 0 heterocycles. The second kappa shape index (κ2) is 7.14. The van der Waals surface area contributed by atoms with Crippen LogP contribution >= 0.6 is 11.6 Å². The molecule has 0 saturated carbocycles. The van der Waals surface area contributed by atoms with Crippen LogP contribution in [0.4, 0.5) is 10.5 Å². The number of nitrogens with zero attached hydrogens (tertiary/aromatic N) is 1. The summed E-state index contributed by atoms with van der Waals surface area (Å²) in [4.78, 5) is 24.4. The number of amides is 2. The molecule has 0 spiro atoms. The van der Waals surface area contributed by atoms with Gasteiger partial charge in [0.2, 0.25) is 0 Å². The highest BCUT2D eigenvalue weighted by molar-refractivity contribution is 6.33. The summed E-state index contributed by atoms with van der Waals surface area (Å²) >= 11 is 6.06. The Kier molecular flexibility index (Phi) is 5.82. The van der Waals surface area contributed by atoms with Crippen molar-refractivity contribution in [2.45, 2.75) is 33.2 Å². The van der Waals surface area contributed by atoms with Crippen molar-refractivity contribution in [3.63, 3.8) is 0 Å². The van der Waals surface area contributed by atoms with E-state index in [4.69, 9.17) is 16.7 Å². The van der Waals surface area contributed by atoms with Crippen molar-refractivity contribution in [2.24, 2.45) is 0 Å². The Labute approximate surface area is 123 Å². The van der Waals surface area contributed by atoms with Crippen LogP contribution in [0.5, 0.6) is 0 Å². The van der Waals surface area contributed by atoms with Crippen LogP contribution in [0, 0.1) is 6.92 Å². The lowest BCUT2D eigenvalue weighted by Gasteiger charge is -2.27. The molecule has 0 aliphatic heterocycles. The van der Waals surface area contributed by atoms with Gasteiger partial charge in [-0.1, -0.05) is 17.7 Å². The quantitative estimate of drug-likeness (QED) is 0.875. The number of rotatable bonds is 5. The first-order valence-corrected chi connectivity index (χ1v) is 6.78. The SMILES string of the molecule is CCN(C(=O)Nc1ccc(C)cc1Cl)C(C)CC(=O)O. The third-order valence-electron chi connectivity index (χ3n) is 2.97. The Morgan fingerprint density at radius 1 is 1.45 bits per heavy atom. The number of carboxylic acids is 1. The van der Waals surface area contributed by atoms with Gasteiger partial charge in [0.15, 0.2) is 0 Å². The zero-order chi connectivity index (χ0) is 15.3. The number of urea groups is 1. The zero-order valence-corrected chi connectivity index (χ0v) is 12.6. The Hall–Kier alpha value is -1.75. The van der Waals surface area contributed by atoms with Gasteiger partial charge in [-0.2, -0.15) is 0 Å². The van der Waals surface area contributed by atoms with E-state index in [1.165, 1.54) is 4.90 Å². The molecule has 0 aliphatic carbocycles. The lowest BCUT2D eigenvalue weighted by molar-refractivity contribution is -0.137. The van der Waals surface area contributed by atoms with E-state index >= 15 is 0 Å². The minimum atomic E-state index is -0.933. The zero-order valence-electron chi connectivity index (χ0n) is 11.8. The summed E-state index contributed by atoms with van der Waals surface area (Å²) in [6.07, 6.45) is -0.0944. The van der Waals surface area contributed by atoms with E-state index in [1.54, 1.807) is 26.0 Å². The van der Waals surface area contributed by atoms with Gasteiger partial charge in [0.25, 0.3) is 0 Å². The third-order valence-corrected chi connectivity index (χ3v) is 3.28. The maximum atomic E-state index is 12.2. The molecule has 1 atom stereocenters. The molecule has 110 valence electrons. The van der Waals surface area contributed by atoms with Crippen molar-refractivity contribution < 1.29 is 14.7 Å². The van der Waals surface area contributed by atoms with Gasteiger partial charge >= 0.3 is 12.0 Å². The third kappa shape index (κ3) is 4.42. The number of anilines is 1. The molecule has 1 rings (SSSR count). The fourth-order valence-corrected chi connectivity index (χ4v) is 2.21. The Balaban J connectivity index is 2.79. The second-order valence-electron chi connectivity index (χ2n) is 4.65. The molecule has 0 saturated heterocycles. The Bertz CT molecular complexity index is 505. The number of carbonyl (C=O) groups excluding carboxylic acids is 1. The molecule has 0 radical (unpaired) electrons. The highest BCUT2D eigenvalue weighted by Gasteiger charge is 2.21. The van der Waals surface area contributed by atoms with Crippen LogP contribution in [0.2, 0.25) is 5.02 Å². The molecule has 0 bridgehead atoms. The van der Waals surface area contributed by atoms with Crippen LogP contribution in [0.15, 0.2) is 18.2 Å². The number of halogens is 1. The van der Waals surface area contributed by atoms with Crippen molar-refractivity contribution in [2.75, 3.05) is 11.9 Å². The molecular weight excluding hydrogens is 280 g/mol. The molecule has 0 aliphatic rings. The van der Waals surface area contributed by atoms with E-state index in [0.717, 1.165) is 5.56 Å². The number of nitrogens with one attached hydrogen (secondary N) is 1. The molecule has 5 nitrogen and oxygen atoms in total. The minimum absolute atomic E-state index is 0.0944. The van der Waals surface area contributed by atoms with Gasteiger partial charge in [0, 0.05) is 12.6 Å². The summed E-state index contributed by atoms with van der Waals surface area (Å²) in [5.41, 5.74) is 1.52. The van der Waals surface area contributed by atoms with Crippen LogP contribution in [0.25, 0.3) is 0 Å². The number of carboxylic acid groups (broad SMARTS) is 1. The van der Waals surface area contributed by atoms with Gasteiger partial charge in [0.1, 0.15) is 0 Å². The minimum Gasteiger partial charge on any atom is -0.481 e. The van der Waals surface area contributed by atoms with E-state index in [1.807, 2.05) is 13.0 Å². The average molecular weight is 299 g/mol. The topological polar surface area (TPSA) is 69.6 Å². The lowest BCUT2D eigenvalue weighted by Crippen LogP contribution is -2.42. The molecule has 2 N–H and O–H groups in total. The van der Waals surface area contributed by atoms with Crippen molar-refractivity contribution in [3.8, 4) is 0 Å². The molecule has 0 aromatic heterocycles. The molecule has 0 fully saturated rings. The highest BCUT2D eigenvalue weighted by Crippen LogP contribution is 2.23. The van der Waals surface area contributed by atoms with Gasteiger partial charge in [-0.25, -0.2) is 4.79 Å². The summed E-state index contributed by atoms with van der Waals surface area (Å²) in [7, 11) is 0. The molecule has 2 amide bonds. The predicted octanol–water partition coefficient (Wildman–Crippen LogP) is 3.37. The van der Waals surface area contributed by atoms with E-state index in [2.05, 4.69) is 5.32 Å². The fraction of sp³-hybridized carbons (Fsp3) is 0.429. The summed E-state index contributed by atoms with van der Waals surface area (Å²) in [6, 6.07) is 4.59. The maximum Gasteiger partial charge on any atom is 0.322 e. The van der Waals surface area contributed by atoms with Crippen LogP contribution in [0.1, 0.15) is 25.8 Å². The van der Waals surface area contributed by atoms with Gasteiger partial charge in [0.05, 0.1) is 17.1 Å². The first-order chi connectivity index (χ1) is 9.35. The van der Waals surface area contributed by atoms with Gasteiger partial charge in [-0.3, -0.25) is 4.79 Å². The van der Waals surface area contributed by atoms with E-state index < -0.39 is 5.97 Å². The van der Waals surface area contributed by atoms with Gasteiger partial charge in [-0.05, 0) is 38.5 Å². The predicted molar refractivity (Wildman–Crippen MR) is 79.3 cm³/mol. The summed E-state index contributed by atoms with van der Waals surface area (Å²) in [5, 5.41) is 12.0. The summed E-state index contributed by atoms with van der Waals surface area (Å²) < 4.78 is 0. The number of hydrogen-bond acceptors (Lipinski definition) is 2.